The van der Waals surface area contributed by atoms with Crippen molar-refractivity contribution in [3.05, 3.63) is 65.7 Å². The molecule has 2 aromatic carbocycles. The Morgan fingerprint density at radius 3 is 2.12 bits per heavy atom. The predicted octanol–water partition coefficient (Wildman–Crippen LogP) is 3.21. The van der Waals surface area contributed by atoms with E-state index < -0.39 is 16.1 Å². The summed E-state index contributed by atoms with van der Waals surface area (Å²) in [6.07, 6.45) is 4.09. The van der Waals surface area contributed by atoms with Crippen LogP contribution in [0.15, 0.2) is 59.5 Å². The summed E-state index contributed by atoms with van der Waals surface area (Å²) in [5, 5.41) is 2.99. The molecule has 0 aromatic heterocycles. The third-order valence-electron chi connectivity index (χ3n) is 6.89. The van der Waals surface area contributed by atoms with Gasteiger partial charge in [0.05, 0.1) is 4.90 Å². The first-order valence-corrected chi connectivity index (χ1v) is 13.5. The summed E-state index contributed by atoms with van der Waals surface area (Å²) >= 11 is 0. The molecule has 2 saturated heterocycles. The lowest BCUT2D eigenvalue weighted by atomic mass is 9.88. The molecule has 4 rings (SSSR count). The van der Waals surface area contributed by atoms with Crippen LogP contribution in [0.25, 0.3) is 0 Å². The maximum absolute atomic E-state index is 13.5. The minimum Gasteiger partial charge on any atom is -0.341 e. The number of nitrogens with one attached hydrogen (secondary N) is 1. The monoisotopic (exact) mass is 483 g/mol. The first-order valence-electron chi connectivity index (χ1n) is 12.1. The van der Waals surface area contributed by atoms with E-state index in [1.54, 1.807) is 48.5 Å². The van der Waals surface area contributed by atoms with E-state index in [1.807, 2.05) is 17.9 Å². The van der Waals surface area contributed by atoms with Crippen LogP contribution in [0.1, 0.15) is 48.0 Å². The van der Waals surface area contributed by atoms with Gasteiger partial charge in [0.2, 0.25) is 15.9 Å². The van der Waals surface area contributed by atoms with Crippen LogP contribution < -0.4 is 5.32 Å². The molecule has 182 valence electrons. The van der Waals surface area contributed by atoms with E-state index in [4.69, 9.17) is 0 Å². The largest absolute Gasteiger partial charge is 0.341 e. The summed E-state index contributed by atoms with van der Waals surface area (Å²) in [6, 6.07) is 15.1. The second-order valence-corrected chi connectivity index (χ2v) is 11.2. The van der Waals surface area contributed by atoms with Crippen molar-refractivity contribution in [1.82, 2.24) is 14.5 Å². The second kappa shape index (κ2) is 10.7. The molecule has 0 aliphatic carbocycles. The molecular formula is C26H33N3O4S. The highest BCUT2D eigenvalue weighted by Gasteiger charge is 2.38. The van der Waals surface area contributed by atoms with Gasteiger partial charge in [-0.05, 0) is 69.2 Å². The van der Waals surface area contributed by atoms with Crippen molar-refractivity contribution in [2.45, 2.75) is 50.0 Å². The summed E-state index contributed by atoms with van der Waals surface area (Å²) in [4.78, 5) is 28.6. The van der Waals surface area contributed by atoms with Gasteiger partial charge in [0.15, 0.2) is 0 Å². The Kier molecular flexibility index (Phi) is 7.68. The van der Waals surface area contributed by atoms with Crippen LogP contribution in [0, 0.1) is 12.8 Å². The topological polar surface area (TPSA) is 86.8 Å². The molecule has 2 aliphatic rings. The van der Waals surface area contributed by atoms with Gasteiger partial charge < -0.3 is 10.2 Å². The Labute approximate surface area is 202 Å². The van der Waals surface area contributed by atoms with Gasteiger partial charge >= 0.3 is 0 Å². The minimum atomic E-state index is -3.58. The van der Waals surface area contributed by atoms with Crippen molar-refractivity contribution in [2.24, 2.45) is 5.92 Å². The lowest BCUT2D eigenvalue weighted by Gasteiger charge is -2.38. The lowest BCUT2D eigenvalue weighted by Crippen LogP contribution is -2.55. The summed E-state index contributed by atoms with van der Waals surface area (Å²) in [5.74, 6) is -0.443. The van der Waals surface area contributed by atoms with E-state index in [9.17, 15) is 18.0 Å². The molecule has 2 heterocycles. The lowest BCUT2D eigenvalue weighted by molar-refractivity contribution is -0.135. The van der Waals surface area contributed by atoms with Crippen molar-refractivity contribution >= 4 is 21.8 Å². The Morgan fingerprint density at radius 1 is 0.882 bits per heavy atom. The SMILES string of the molecule is Cc1ccc(S(=O)(=O)N2CCC([C@H](NC(=O)c3ccccc3)C(=O)N3CCCCC3)CC2)cc1. The number of piperidine rings is 2. The molecule has 2 amide bonds. The molecule has 0 saturated carbocycles. The van der Waals surface area contributed by atoms with Crippen molar-refractivity contribution < 1.29 is 18.0 Å². The second-order valence-electron chi connectivity index (χ2n) is 9.26. The normalized spacial score (nSPS) is 18.9. The number of hydrogen-bond acceptors (Lipinski definition) is 4. The quantitative estimate of drug-likeness (QED) is 0.684. The van der Waals surface area contributed by atoms with Crippen molar-refractivity contribution in [2.75, 3.05) is 26.2 Å². The molecule has 2 aromatic rings. The number of benzene rings is 2. The van der Waals surface area contributed by atoms with Crippen molar-refractivity contribution in [1.29, 1.82) is 0 Å². The number of hydrogen-bond donors (Lipinski definition) is 1. The molecule has 8 heteroatoms. The molecule has 2 fully saturated rings. The predicted molar refractivity (Wildman–Crippen MR) is 131 cm³/mol. The zero-order valence-corrected chi connectivity index (χ0v) is 20.5. The van der Waals surface area contributed by atoms with Crippen LogP contribution in [-0.4, -0.2) is 61.7 Å². The van der Waals surface area contributed by atoms with Gasteiger partial charge in [-0.1, -0.05) is 35.9 Å². The average molecular weight is 484 g/mol. The Balaban J connectivity index is 1.48. The Bertz CT molecular complexity index is 1090. The molecule has 0 spiro atoms. The molecule has 1 atom stereocenters. The van der Waals surface area contributed by atoms with E-state index in [0.717, 1.165) is 24.8 Å². The zero-order valence-electron chi connectivity index (χ0n) is 19.7. The van der Waals surface area contributed by atoms with Gasteiger partial charge in [0, 0.05) is 31.7 Å². The standard InChI is InChI=1S/C26H33N3O4S/c1-20-10-12-23(13-11-20)34(32,33)29-18-14-21(15-19-29)24(26(31)28-16-6-3-7-17-28)27-25(30)22-8-4-2-5-9-22/h2,4-5,8-13,21,24H,3,6-7,14-19H2,1H3,(H,27,30)/t24-/m0/s1. The van der Waals surface area contributed by atoms with Crippen LogP contribution in [0.2, 0.25) is 0 Å². The third-order valence-corrected chi connectivity index (χ3v) is 8.80. The van der Waals surface area contributed by atoms with Gasteiger partial charge in [-0.25, -0.2) is 8.42 Å². The Hall–Kier alpha value is -2.71. The first-order chi connectivity index (χ1) is 16.4. The first kappa shape index (κ1) is 24.4. The molecular weight excluding hydrogens is 450 g/mol. The summed E-state index contributed by atoms with van der Waals surface area (Å²) < 4.78 is 27.7. The number of aryl methyl sites for hydroxylation is 1. The number of rotatable bonds is 6. The van der Waals surface area contributed by atoms with Gasteiger partial charge in [-0.3, -0.25) is 9.59 Å². The smallest absolute Gasteiger partial charge is 0.251 e. The fourth-order valence-electron chi connectivity index (χ4n) is 4.82. The number of likely N-dealkylation sites (tertiary alicyclic amines) is 1. The maximum atomic E-state index is 13.5. The number of sulfonamides is 1. The molecule has 1 N–H and O–H groups in total. The number of carbonyl (C=O) groups is 2. The Morgan fingerprint density at radius 2 is 1.50 bits per heavy atom. The highest BCUT2D eigenvalue weighted by molar-refractivity contribution is 7.89. The van der Waals surface area contributed by atoms with E-state index in [2.05, 4.69) is 5.32 Å². The van der Waals surface area contributed by atoms with Gasteiger partial charge in [0.1, 0.15) is 6.04 Å². The molecule has 0 bridgehead atoms. The maximum Gasteiger partial charge on any atom is 0.251 e. The van der Waals surface area contributed by atoms with E-state index in [1.165, 1.54) is 4.31 Å². The average Bonchev–Trinajstić information content (AvgIpc) is 2.88. The fraction of sp³-hybridized carbons (Fsp3) is 0.462. The van der Waals surface area contributed by atoms with Gasteiger partial charge in [-0.15, -0.1) is 0 Å². The molecule has 0 radical (unpaired) electrons. The third kappa shape index (κ3) is 5.50. The molecule has 34 heavy (non-hydrogen) atoms. The summed E-state index contributed by atoms with van der Waals surface area (Å²) in [5.41, 5.74) is 1.52. The van der Waals surface area contributed by atoms with Gasteiger partial charge in [0.25, 0.3) is 5.91 Å². The van der Waals surface area contributed by atoms with Crippen molar-refractivity contribution in [3.8, 4) is 0 Å². The van der Waals surface area contributed by atoms with Gasteiger partial charge in [-0.2, -0.15) is 4.31 Å². The summed E-state index contributed by atoms with van der Waals surface area (Å²) in [6.45, 7) is 3.98. The van der Waals surface area contributed by atoms with Crippen LogP contribution in [0.3, 0.4) is 0 Å². The van der Waals surface area contributed by atoms with Crippen LogP contribution in [0.5, 0.6) is 0 Å². The highest BCUT2D eigenvalue weighted by Crippen LogP contribution is 2.27. The van der Waals surface area contributed by atoms with Crippen molar-refractivity contribution in [3.63, 3.8) is 0 Å². The number of carbonyl (C=O) groups excluding carboxylic acids is 2. The highest BCUT2D eigenvalue weighted by atomic mass is 32.2. The summed E-state index contributed by atoms with van der Waals surface area (Å²) in [7, 11) is -3.58. The van der Waals surface area contributed by atoms with E-state index >= 15 is 0 Å². The van der Waals surface area contributed by atoms with Crippen LogP contribution in [-0.2, 0) is 14.8 Å². The number of nitrogens with zero attached hydrogens (tertiary/aromatic N) is 2. The van der Waals surface area contributed by atoms with Crippen LogP contribution in [0.4, 0.5) is 0 Å². The van der Waals surface area contributed by atoms with E-state index in [0.29, 0.717) is 44.6 Å². The minimum absolute atomic E-state index is 0.0520. The van der Waals surface area contributed by atoms with E-state index in [-0.39, 0.29) is 22.6 Å². The molecule has 2 aliphatic heterocycles. The number of amides is 2. The molecule has 7 nitrogen and oxygen atoms in total. The zero-order chi connectivity index (χ0) is 24.1. The molecule has 0 unspecified atom stereocenters. The van der Waals surface area contributed by atoms with Crippen LogP contribution >= 0.6 is 0 Å². The fourth-order valence-corrected chi connectivity index (χ4v) is 6.28.